The third kappa shape index (κ3) is 2.87. The van der Waals surface area contributed by atoms with E-state index in [0.717, 1.165) is 29.8 Å². The van der Waals surface area contributed by atoms with Crippen LogP contribution in [0.25, 0.3) is 0 Å². The molecular formula is C15H22ClNO. The van der Waals surface area contributed by atoms with E-state index >= 15 is 0 Å². The van der Waals surface area contributed by atoms with Crippen LogP contribution >= 0.6 is 11.6 Å². The number of hydrogen-bond donors (Lipinski definition) is 1. The molecule has 0 amide bonds. The Balaban J connectivity index is 2.13. The summed E-state index contributed by atoms with van der Waals surface area (Å²) in [5.74, 6) is 0. The van der Waals surface area contributed by atoms with Crippen LogP contribution in [0.3, 0.4) is 0 Å². The Morgan fingerprint density at radius 3 is 2.61 bits per heavy atom. The highest BCUT2D eigenvalue weighted by molar-refractivity contribution is 6.31. The summed E-state index contributed by atoms with van der Waals surface area (Å²) >= 11 is 6.25. The molecule has 1 aromatic rings. The van der Waals surface area contributed by atoms with Crippen molar-refractivity contribution in [2.24, 2.45) is 0 Å². The van der Waals surface area contributed by atoms with Crippen LogP contribution in [0.5, 0.6) is 0 Å². The number of rotatable bonds is 3. The van der Waals surface area contributed by atoms with Gasteiger partial charge in [0.05, 0.1) is 6.10 Å². The number of halogens is 1. The van der Waals surface area contributed by atoms with E-state index in [0.29, 0.717) is 0 Å². The third-order valence-corrected chi connectivity index (χ3v) is 4.53. The topological polar surface area (TPSA) is 23.5 Å². The fourth-order valence-corrected chi connectivity index (χ4v) is 3.18. The molecule has 100 valence electrons. The van der Waals surface area contributed by atoms with E-state index in [9.17, 15) is 5.11 Å². The van der Waals surface area contributed by atoms with E-state index < -0.39 is 0 Å². The first-order valence-corrected chi connectivity index (χ1v) is 7.13. The fourth-order valence-electron chi connectivity index (χ4n) is 2.89. The van der Waals surface area contributed by atoms with Crippen LogP contribution < -0.4 is 0 Å². The molecule has 2 rings (SSSR count). The Morgan fingerprint density at radius 1 is 1.28 bits per heavy atom. The monoisotopic (exact) mass is 267 g/mol. The Morgan fingerprint density at radius 2 is 1.94 bits per heavy atom. The van der Waals surface area contributed by atoms with Gasteiger partial charge in [-0.1, -0.05) is 42.6 Å². The second-order valence-electron chi connectivity index (χ2n) is 5.28. The summed E-state index contributed by atoms with van der Waals surface area (Å²) in [6.45, 7) is 2.16. The first-order valence-electron chi connectivity index (χ1n) is 6.75. The molecule has 0 bridgehead atoms. The summed E-state index contributed by atoms with van der Waals surface area (Å²) in [6, 6.07) is 8.45. The molecule has 0 aromatic heterocycles. The van der Waals surface area contributed by atoms with E-state index in [4.69, 9.17) is 11.6 Å². The predicted octanol–water partition coefficient (Wildman–Crippen LogP) is 3.64. The zero-order valence-corrected chi connectivity index (χ0v) is 11.9. The van der Waals surface area contributed by atoms with Crippen LogP contribution in [-0.4, -0.2) is 29.2 Å². The van der Waals surface area contributed by atoms with Gasteiger partial charge in [0.15, 0.2) is 0 Å². The van der Waals surface area contributed by atoms with E-state index in [-0.39, 0.29) is 18.2 Å². The minimum absolute atomic E-state index is 0.200. The molecule has 1 saturated carbocycles. The lowest BCUT2D eigenvalue weighted by Gasteiger charge is -2.39. The smallest absolute Gasteiger partial charge is 0.0695 e. The highest BCUT2D eigenvalue weighted by Gasteiger charge is 2.29. The van der Waals surface area contributed by atoms with E-state index in [1.165, 1.54) is 6.42 Å². The molecule has 2 nitrogen and oxygen atoms in total. The summed E-state index contributed by atoms with van der Waals surface area (Å²) in [6.07, 6.45) is 4.15. The molecule has 1 aliphatic rings. The summed E-state index contributed by atoms with van der Waals surface area (Å²) < 4.78 is 0. The van der Waals surface area contributed by atoms with Gasteiger partial charge in [0.2, 0.25) is 0 Å². The van der Waals surface area contributed by atoms with Crippen molar-refractivity contribution in [3.63, 3.8) is 0 Å². The molecule has 1 fully saturated rings. The van der Waals surface area contributed by atoms with Gasteiger partial charge in [-0.05, 0) is 38.4 Å². The van der Waals surface area contributed by atoms with Gasteiger partial charge in [-0.3, -0.25) is 4.90 Å². The lowest BCUT2D eigenvalue weighted by atomic mass is 9.90. The number of aliphatic hydroxyl groups is 1. The van der Waals surface area contributed by atoms with Crippen molar-refractivity contribution >= 4 is 11.6 Å². The van der Waals surface area contributed by atoms with Crippen molar-refractivity contribution in [2.75, 3.05) is 7.05 Å². The van der Waals surface area contributed by atoms with Crippen LogP contribution in [0.2, 0.25) is 5.02 Å². The van der Waals surface area contributed by atoms with Gasteiger partial charge < -0.3 is 5.11 Å². The standard InChI is InChI=1S/C15H22ClNO/c1-11(12-7-3-4-8-13(12)16)17(2)14-9-5-6-10-15(14)18/h3-4,7-8,11,14-15,18H,5-6,9-10H2,1-2H3/t11?,14-,15-/m0/s1. The van der Waals surface area contributed by atoms with Crippen molar-refractivity contribution in [3.05, 3.63) is 34.9 Å². The summed E-state index contributed by atoms with van der Waals surface area (Å²) in [7, 11) is 2.09. The largest absolute Gasteiger partial charge is 0.391 e. The van der Waals surface area contributed by atoms with Crippen molar-refractivity contribution in [1.29, 1.82) is 0 Å². The Labute approximate surface area is 115 Å². The van der Waals surface area contributed by atoms with Crippen LogP contribution in [0.4, 0.5) is 0 Å². The van der Waals surface area contributed by atoms with Gasteiger partial charge in [-0.2, -0.15) is 0 Å². The maximum atomic E-state index is 10.1. The van der Waals surface area contributed by atoms with Crippen molar-refractivity contribution in [3.8, 4) is 0 Å². The molecule has 3 heteroatoms. The number of likely N-dealkylation sites (N-methyl/N-ethyl adjacent to an activating group) is 1. The number of aliphatic hydroxyl groups excluding tert-OH is 1. The Kier molecular flexibility index (Phi) is 4.66. The second kappa shape index (κ2) is 6.05. The first-order chi connectivity index (χ1) is 8.61. The predicted molar refractivity (Wildman–Crippen MR) is 75.9 cm³/mol. The van der Waals surface area contributed by atoms with Crippen molar-refractivity contribution in [1.82, 2.24) is 4.90 Å². The zero-order chi connectivity index (χ0) is 13.1. The lowest BCUT2D eigenvalue weighted by molar-refractivity contribution is 0.0155. The maximum Gasteiger partial charge on any atom is 0.0695 e. The molecule has 0 spiro atoms. The van der Waals surface area contributed by atoms with E-state index in [1.807, 2.05) is 18.2 Å². The molecule has 1 N–H and O–H groups in total. The lowest BCUT2D eigenvalue weighted by Crippen LogP contribution is -2.44. The van der Waals surface area contributed by atoms with Gasteiger partial charge >= 0.3 is 0 Å². The first kappa shape index (κ1) is 13.9. The SMILES string of the molecule is CC(c1ccccc1Cl)N(C)[C@H]1CCCC[C@@H]1O. The Hall–Kier alpha value is -0.570. The molecule has 0 saturated heterocycles. The van der Waals surface area contributed by atoms with Gasteiger partial charge in [-0.15, -0.1) is 0 Å². The third-order valence-electron chi connectivity index (χ3n) is 4.18. The van der Waals surface area contributed by atoms with Gasteiger partial charge in [0.25, 0.3) is 0 Å². The summed E-state index contributed by atoms with van der Waals surface area (Å²) in [5, 5.41) is 10.9. The van der Waals surface area contributed by atoms with Crippen molar-refractivity contribution in [2.45, 2.75) is 50.8 Å². The number of benzene rings is 1. The molecule has 3 atom stereocenters. The fraction of sp³-hybridized carbons (Fsp3) is 0.600. The molecule has 0 aliphatic heterocycles. The quantitative estimate of drug-likeness (QED) is 0.904. The van der Waals surface area contributed by atoms with Crippen molar-refractivity contribution < 1.29 is 5.11 Å². The second-order valence-corrected chi connectivity index (χ2v) is 5.69. The van der Waals surface area contributed by atoms with E-state index in [2.05, 4.69) is 24.9 Å². The number of hydrogen-bond acceptors (Lipinski definition) is 2. The number of nitrogens with zero attached hydrogens (tertiary/aromatic N) is 1. The van der Waals surface area contributed by atoms with Crippen LogP contribution in [0, 0.1) is 0 Å². The average molecular weight is 268 g/mol. The normalized spacial score (nSPS) is 26.3. The minimum atomic E-state index is -0.200. The zero-order valence-electron chi connectivity index (χ0n) is 11.1. The molecular weight excluding hydrogens is 246 g/mol. The van der Waals surface area contributed by atoms with Crippen LogP contribution in [0.1, 0.15) is 44.2 Å². The molecule has 1 unspecified atom stereocenters. The molecule has 18 heavy (non-hydrogen) atoms. The Bertz CT molecular complexity index is 396. The minimum Gasteiger partial charge on any atom is -0.391 e. The maximum absolute atomic E-state index is 10.1. The summed E-state index contributed by atoms with van der Waals surface area (Å²) in [5.41, 5.74) is 1.14. The van der Waals surface area contributed by atoms with Gasteiger partial charge in [-0.25, -0.2) is 0 Å². The highest BCUT2D eigenvalue weighted by atomic mass is 35.5. The van der Waals surface area contributed by atoms with Crippen LogP contribution in [0.15, 0.2) is 24.3 Å². The molecule has 0 heterocycles. The summed E-state index contributed by atoms with van der Waals surface area (Å²) in [4.78, 5) is 2.27. The molecule has 0 radical (unpaired) electrons. The highest BCUT2D eigenvalue weighted by Crippen LogP contribution is 2.31. The van der Waals surface area contributed by atoms with Gasteiger partial charge in [0, 0.05) is 17.1 Å². The molecule has 1 aliphatic carbocycles. The van der Waals surface area contributed by atoms with E-state index in [1.54, 1.807) is 0 Å². The van der Waals surface area contributed by atoms with Crippen LogP contribution in [-0.2, 0) is 0 Å². The van der Waals surface area contributed by atoms with Gasteiger partial charge in [0.1, 0.15) is 0 Å². The average Bonchev–Trinajstić information content (AvgIpc) is 2.38. The molecule has 1 aromatic carbocycles.